The smallest absolute Gasteiger partial charge is 0.222 e. The monoisotopic (exact) mass is 562 g/mol. The van der Waals surface area contributed by atoms with Crippen molar-refractivity contribution in [1.82, 2.24) is 31.6 Å². The SMILES string of the molecule is COCCOCCC(=O)NCCSc1cc2nc(c1)CN[C@@H]1CCCC[C@H]1NCCN[C@@H]1CCCC[C@H]1NC2. The Labute approximate surface area is 239 Å². The Hall–Kier alpha value is -1.27. The summed E-state index contributed by atoms with van der Waals surface area (Å²) in [7, 11) is 1.64. The Morgan fingerprint density at radius 2 is 1.44 bits per heavy atom. The topological polar surface area (TPSA) is 109 Å². The lowest BCUT2D eigenvalue weighted by Crippen LogP contribution is -2.53. The van der Waals surface area contributed by atoms with Crippen LogP contribution < -0.4 is 26.6 Å². The average Bonchev–Trinajstić information content (AvgIpc) is 2.96. The summed E-state index contributed by atoms with van der Waals surface area (Å²) in [6.45, 7) is 5.75. The van der Waals surface area contributed by atoms with Crippen LogP contribution in [0.5, 0.6) is 0 Å². The van der Waals surface area contributed by atoms with Gasteiger partial charge in [0.15, 0.2) is 0 Å². The first-order valence-electron chi connectivity index (χ1n) is 15.1. The second kappa shape index (κ2) is 17.5. The third-order valence-corrected chi connectivity index (χ3v) is 9.04. The molecule has 4 rings (SSSR count). The quantitative estimate of drug-likeness (QED) is 0.217. The van der Waals surface area contributed by atoms with Crippen molar-refractivity contribution in [2.75, 3.05) is 52.3 Å². The van der Waals surface area contributed by atoms with E-state index in [4.69, 9.17) is 14.5 Å². The fraction of sp³-hybridized carbons (Fsp3) is 0.793. The molecular weight excluding hydrogens is 512 g/mol. The highest BCUT2D eigenvalue weighted by molar-refractivity contribution is 7.99. The Morgan fingerprint density at radius 3 is 2.00 bits per heavy atom. The fourth-order valence-corrected chi connectivity index (χ4v) is 6.84. The molecule has 10 heteroatoms. The largest absolute Gasteiger partial charge is 0.382 e. The van der Waals surface area contributed by atoms with E-state index in [0.29, 0.717) is 57.0 Å². The molecule has 39 heavy (non-hydrogen) atoms. The van der Waals surface area contributed by atoms with Crippen LogP contribution in [0.3, 0.4) is 0 Å². The zero-order valence-electron chi connectivity index (χ0n) is 23.8. The summed E-state index contributed by atoms with van der Waals surface area (Å²) in [6, 6.07) is 6.47. The lowest BCUT2D eigenvalue weighted by molar-refractivity contribution is -0.122. The van der Waals surface area contributed by atoms with Crippen molar-refractivity contribution in [3.05, 3.63) is 23.5 Å². The van der Waals surface area contributed by atoms with Crippen LogP contribution in [0.15, 0.2) is 17.0 Å². The highest BCUT2D eigenvalue weighted by atomic mass is 32.2. The number of nitrogens with one attached hydrogen (secondary N) is 5. The van der Waals surface area contributed by atoms with Gasteiger partial charge < -0.3 is 36.1 Å². The fourth-order valence-electron chi connectivity index (χ4n) is 5.97. The predicted molar refractivity (Wildman–Crippen MR) is 157 cm³/mol. The number of rotatable bonds is 10. The molecule has 0 aromatic carbocycles. The van der Waals surface area contributed by atoms with Crippen molar-refractivity contribution >= 4 is 17.7 Å². The maximum Gasteiger partial charge on any atom is 0.222 e. The third-order valence-electron chi connectivity index (χ3n) is 8.06. The number of methoxy groups -OCH3 is 1. The lowest BCUT2D eigenvalue weighted by Gasteiger charge is -2.34. The predicted octanol–water partition coefficient (Wildman–Crippen LogP) is 2.34. The van der Waals surface area contributed by atoms with Crippen LogP contribution in [0.4, 0.5) is 0 Å². The Balaban J connectivity index is 1.34. The van der Waals surface area contributed by atoms with Crippen molar-refractivity contribution in [3.8, 4) is 0 Å². The number of fused-ring (bicyclic) bond motifs is 4. The van der Waals surface area contributed by atoms with Crippen LogP contribution in [0.1, 0.15) is 69.2 Å². The molecular formula is C29H50N6O3S. The Kier molecular flexibility index (Phi) is 13.8. The summed E-state index contributed by atoms with van der Waals surface area (Å²) in [5.41, 5.74) is 2.21. The second-order valence-corrected chi connectivity index (χ2v) is 12.2. The number of carbonyl (C=O) groups is 1. The summed E-state index contributed by atoms with van der Waals surface area (Å²) < 4.78 is 10.3. The molecule has 3 aliphatic rings. The third kappa shape index (κ3) is 10.9. The number of amides is 1. The van der Waals surface area contributed by atoms with Crippen LogP contribution in [-0.4, -0.2) is 87.4 Å². The van der Waals surface area contributed by atoms with Crippen molar-refractivity contribution < 1.29 is 14.3 Å². The molecule has 1 aliphatic heterocycles. The molecule has 2 fully saturated rings. The van der Waals surface area contributed by atoms with Crippen LogP contribution in [0.25, 0.3) is 0 Å². The molecule has 0 unspecified atom stereocenters. The number of carbonyl (C=O) groups excluding carboxylic acids is 1. The molecule has 9 nitrogen and oxygen atoms in total. The van der Waals surface area contributed by atoms with Gasteiger partial charge in [0.05, 0.1) is 31.2 Å². The van der Waals surface area contributed by atoms with Gasteiger partial charge in [0.2, 0.25) is 5.91 Å². The molecule has 220 valence electrons. The molecule has 2 aliphatic carbocycles. The van der Waals surface area contributed by atoms with Gasteiger partial charge in [-0.05, 0) is 37.8 Å². The van der Waals surface area contributed by atoms with Gasteiger partial charge in [-0.1, -0.05) is 25.7 Å². The summed E-state index contributed by atoms with van der Waals surface area (Å²) in [4.78, 5) is 18.4. The molecule has 1 aromatic heterocycles. The van der Waals surface area contributed by atoms with Crippen molar-refractivity contribution in [2.24, 2.45) is 0 Å². The Morgan fingerprint density at radius 1 is 0.872 bits per heavy atom. The standard InChI is InChI=1S/C29H50N6O3S/c1-37-15-16-38-14-10-29(36)32-13-17-39-24-18-22-20-33-27-8-4-2-6-25(27)30-11-12-31-26-7-3-5-9-28(26)34-21-23(19-24)35-22/h18-19,25-28,30-31,33-34H,2-17,20-21H2,1H3,(H,32,36)/t25-,26-,27-,28-/m1/s1. The van der Waals surface area contributed by atoms with Gasteiger partial charge in [-0.3, -0.25) is 9.78 Å². The molecule has 4 atom stereocenters. The number of thioether (sulfide) groups is 1. The normalized spacial score (nSPS) is 26.5. The maximum absolute atomic E-state index is 12.1. The molecule has 1 aromatic rings. The first kappa shape index (κ1) is 30.7. The van der Waals surface area contributed by atoms with Gasteiger partial charge in [-0.2, -0.15) is 0 Å². The van der Waals surface area contributed by atoms with E-state index in [-0.39, 0.29) is 5.91 Å². The minimum atomic E-state index is 0.0289. The maximum atomic E-state index is 12.1. The van der Waals surface area contributed by atoms with Gasteiger partial charge in [0.25, 0.3) is 0 Å². The average molecular weight is 563 g/mol. The molecule has 5 N–H and O–H groups in total. The van der Waals surface area contributed by atoms with Gasteiger partial charge in [-0.25, -0.2) is 0 Å². The van der Waals surface area contributed by atoms with E-state index in [2.05, 4.69) is 38.7 Å². The number of nitrogens with zero attached hydrogens (tertiary/aromatic N) is 1. The highest BCUT2D eigenvalue weighted by Crippen LogP contribution is 2.23. The van der Waals surface area contributed by atoms with E-state index in [1.807, 2.05) is 0 Å². The number of hydrogen-bond donors (Lipinski definition) is 5. The van der Waals surface area contributed by atoms with Crippen LogP contribution in [0, 0.1) is 0 Å². The first-order chi connectivity index (χ1) is 19.2. The van der Waals surface area contributed by atoms with Gasteiger partial charge >= 0.3 is 0 Å². The van der Waals surface area contributed by atoms with Crippen molar-refractivity contribution in [2.45, 2.75) is 99.9 Å². The van der Waals surface area contributed by atoms with Gasteiger partial charge in [0, 0.05) is 81.1 Å². The molecule has 2 saturated carbocycles. The summed E-state index contributed by atoms with van der Waals surface area (Å²) in [5.74, 6) is 0.852. The van der Waals surface area contributed by atoms with E-state index < -0.39 is 0 Å². The zero-order valence-corrected chi connectivity index (χ0v) is 24.6. The minimum absolute atomic E-state index is 0.0289. The van der Waals surface area contributed by atoms with E-state index in [1.165, 1.54) is 56.3 Å². The first-order valence-corrected chi connectivity index (χ1v) is 16.1. The summed E-state index contributed by atoms with van der Waals surface area (Å²) in [5, 5.41) is 18.4. The molecule has 1 amide bonds. The number of hydrogen-bond acceptors (Lipinski definition) is 9. The van der Waals surface area contributed by atoms with Gasteiger partial charge in [0.1, 0.15) is 0 Å². The van der Waals surface area contributed by atoms with Crippen LogP contribution in [-0.2, 0) is 27.4 Å². The van der Waals surface area contributed by atoms with E-state index in [0.717, 1.165) is 43.3 Å². The van der Waals surface area contributed by atoms with Crippen molar-refractivity contribution in [3.63, 3.8) is 0 Å². The molecule has 0 radical (unpaired) electrons. The van der Waals surface area contributed by atoms with Crippen LogP contribution >= 0.6 is 11.8 Å². The number of aromatic nitrogens is 1. The number of ether oxygens (including phenoxy) is 2. The van der Waals surface area contributed by atoms with Crippen LogP contribution in [0.2, 0.25) is 0 Å². The second-order valence-electron chi connectivity index (χ2n) is 11.0. The summed E-state index contributed by atoms with van der Waals surface area (Å²) >= 11 is 1.79. The van der Waals surface area contributed by atoms with E-state index in [9.17, 15) is 4.79 Å². The molecule has 2 bridgehead atoms. The lowest BCUT2D eigenvalue weighted by atomic mass is 9.89. The van der Waals surface area contributed by atoms with E-state index in [1.54, 1.807) is 18.9 Å². The van der Waals surface area contributed by atoms with Gasteiger partial charge in [-0.15, -0.1) is 11.8 Å². The zero-order chi connectivity index (χ0) is 27.1. The van der Waals surface area contributed by atoms with Crippen molar-refractivity contribution in [1.29, 1.82) is 0 Å². The molecule has 0 spiro atoms. The number of pyridine rings is 1. The highest BCUT2D eigenvalue weighted by Gasteiger charge is 2.27. The van der Waals surface area contributed by atoms with E-state index >= 15 is 0 Å². The Bertz CT molecular complexity index is 814. The molecule has 0 saturated heterocycles. The summed E-state index contributed by atoms with van der Waals surface area (Å²) in [6.07, 6.45) is 10.5. The minimum Gasteiger partial charge on any atom is -0.382 e. The molecule has 2 heterocycles.